The fourth-order valence-corrected chi connectivity index (χ4v) is 4.38. The van der Waals surface area contributed by atoms with Crippen LogP contribution < -0.4 is 10.0 Å². The predicted octanol–water partition coefficient (Wildman–Crippen LogP) is 3.25. The summed E-state index contributed by atoms with van der Waals surface area (Å²) < 4.78 is 24.6. The number of nitrogens with zero attached hydrogens (tertiary/aromatic N) is 1. The first-order valence-electron chi connectivity index (χ1n) is 8.67. The molecule has 0 aliphatic rings. The molecule has 1 aromatic carbocycles. The van der Waals surface area contributed by atoms with E-state index in [2.05, 4.69) is 10.0 Å². The summed E-state index contributed by atoms with van der Waals surface area (Å²) in [6, 6.07) is 8.34. The Bertz CT molecular complexity index is 972. The van der Waals surface area contributed by atoms with Crippen LogP contribution in [0.25, 0.3) is 0 Å². The number of amides is 2. The Balaban J connectivity index is 1.99. The monoisotopic (exact) mass is 477 g/mol. The van der Waals surface area contributed by atoms with Gasteiger partial charge in [0.25, 0.3) is 5.91 Å². The van der Waals surface area contributed by atoms with Crippen LogP contribution in [0.5, 0.6) is 0 Å². The van der Waals surface area contributed by atoms with Crippen molar-refractivity contribution in [3.63, 3.8) is 0 Å². The molecule has 7 nitrogen and oxygen atoms in total. The lowest BCUT2D eigenvalue weighted by Gasteiger charge is -2.20. The van der Waals surface area contributed by atoms with Gasteiger partial charge in [0.2, 0.25) is 15.9 Å². The summed E-state index contributed by atoms with van der Waals surface area (Å²) in [6.45, 7) is 2.22. The van der Waals surface area contributed by atoms with E-state index in [1.165, 1.54) is 16.2 Å². The molecule has 0 bridgehead atoms. The molecular formula is C18H21Cl2N3O4S2. The van der Waals surface area contributed by atoms with E-state index in [9.17, 15) is 18.0 Å². The number of carbonyl (C=O) groups excluding carboxylic acids is 2. The second kappa shape index (κ2) is 10.4. The largest absolute Gasteiger partial charge is 0.329 e. The van der Waals surface area contributed by atoms with Crippen LogP contribution in [0.2, 0.25) is 10.0 Å². The lowest BCUT2D eigenvalue weighted by atomic mass is 10.3. The molecule has 29 heavy (non-hydrogen) atoms. The Kier molecular flexibility index (Phi) is 8.47. The van der Waals surface area contributed by atoms with E-state index in [-0.39, 0.29) is 19.0 Å². The normalized spacial score (nSPS) is 11.3. The average molecular weight is 478 g/mol. The molecule has 0 atom stereocenters. The summed E-state index contributed by atoms with van der Waals surface area (Å²) in [4.78, 5) is 27.9. The molecule has 0 saturated carbocycles. The molecule has 0 spiro atoms. The number of anilines is 1. The summed E-state index contributed by atoms with van der Waals surface area (Å²) in [7, 11) is -3.25. The quantitative estimate of drug-likeness (QED) is 0.579. The number of para-hydroxylation sites is 1. The van der Waals surface area contributed by atoms with Crippen LogP contribution in [0.4, 0.5) is 5.69 Å². The molecule has 0 aliphatic carbocycles. The second-order valence-electron chi connectivity index (χ2n) is 6.15. The molecule has 1 heterocycles. The smallest absolute Gasteiger partial charge is 0.264 e. The number of nitrogens with one attached hydrogen (secondary N) is 2. The van der Waals surface area contributed by atoms with Crippen molar-refractivity contribution < 1.29 is 18.0 Å². The number of benzene rings is 1. The molecule has 158 valence electrons. The van der Waals surface area contributed by atoms with Crippen molar-refractivity contribution in [3.8, 4) is 0 Å². The Morgan fingerprint density at radius 1 is 1.14 bits per heavy atom. The van der Waals surface area contributed by atoms with Gasteiger partial charge in [-0.25, -0.2) is 13.1 Å². The topological polar surface area (TPSA) is 95.6 Å². The Hall–Kier alpha value is -1.65. The molecule has 11 heteroatoms. The Morgan fingerprint density at radius 3 is 2.38 bits per heavy atom. The number of rotatable bonds is 9. The van der Waals surface area contributed by atoms with Gasteiger partial charge in [0.1, 0.15) is 6.54 Å². The van der Waals surface area contributed by atoms with E-state index in [0.29, 0.717) is 33.6 Å². The highest BCUT2D eigenvalue weighted by Crippen LogP contribution is 2.29. The highest BCUT2D eigenvalue weighted by atomic mass is 35.5. The Morgan fingerprint density at radius 2 is 1.79 bits per heavy atom. The van der Waals surface area contributed by atoms with Gasteiger partial charge in [-0.05, 0) is 37.6 Å². The van der Waals surface area contributed by atoms with Crippen LogP contribution in [0, 0.1) is 0 Å². The van der Waals surface area contributed by atoms with E-state index in [1.807, 2.05) is 0 Å². The van der Waals surface area contributed by atoms with Crippen molar-refractivity contribution in [1.29, 1.82) is 0 Å². The lowest BCUT2D eigenvalue weighted by Crippen LogP contribution is -2.37. The molecular weight excluding hydrogens is 457 g/mol. The zero-order valence-electron chi connectivity index (χ0n) is 15.9. The zero-order valence-corrected chi connectivity index (χ0v) is 19.0. The molecule has 2 rings (SSSR count). The van der Waals surface area contributed by atoms with Gasteiger partial charge < -0.3 is 10.2 Å². The van der Waals surface area contributed by atoms with Gasteiger partial charge >= 0.3 is 0 Å². The van der Waals surface area contributed by atoms with Crippen molar-refractivity contribution in [3.05, 3.63) is 50.1 Å². The van der Waals surface area contributed by atoms with E-state index < -0.39 is 15.9 Å². The molecule has 0 fully saturated rings. The third kappa shape index (κ3) is 7.27. The number of likely N-dealkylation sites (N-methyl/N-ethyl adjacent to an activating group) is 1. The number of hydrogen-bond donors (Lipinski definition) is 2. The molecule has 2 N–H and O–H groups in total. The van der Waals surface area contributed by atoms with Crippen molar-refractivity contribution in [1.82, 2.24) is 9.62 Å². The van der Waals surface area contributed by atoms with Crippen molar-refractivity contribution in [2.45, 2.75) is 13.3 Å². The van der Waals surface area contributed by atoms with Gasteiger partial charge in [0, 0.05) is 18.0 Å². The van der Waals surface area contributed by atoms with Crippen LogP contribution in [0.3, 0.4) is 0 Å². The van der Waals surface area contributed by atoms with Crippen LogP contribution in [0.1, 0.15) is 21.5 Å². The average Bonchev–Trinajstić information content (AvgIpc) is 3.10. The summed E-state index contributed by atoms with van der Waals surface area (Å²) in [5, 5.41) is 3.26. The summed E-state index contributed by atoms with van der Waals surface area (Å²) in [5.74, 6) is -0.690. The second-order valence-corrected chi connectivity index (χ2v) is 9.96. The molecule has 0 saturated heterocycles. The van der Waals surface area contributed by atoms with Gasteiger partial charge in [-0.3, -0.25) is 9.59 Å². The summed E-state index contributed by atoms with van der Waals surface area (Å²) in [6.07, 6.45) is 1.57. The summed E-state index contributed by atoms with van der Waals surface area (Å²) in [5.41, 5.74) is 0.307. The van der Waals surface area contributed by atoms with Gasteiger partial charge in [0.15, 0.2) is 0 Å². The highest BCUT2D eigenvalue weighted by molar-refractivity contribution is 7.88. The minimum Gasteiger partial charge on any atom is -0.329 e. The Labute approximate surface area is 184 Å². The zero-order chi connectivity index (χ0) is 21.6. The third-order valence-corrected chi connectivity index (χ3v) is 6.33. The maximum absolute atomic E-state index is 12.7. The fourth-order valence-electron chi connectivity index (χ4n) is 2.44. The van der Waals surface area contributed by atoms with Crippen molar-refractivity contribution >= 4 is 62.1 Å². The number of halogens is 2. The van der Waals surface area contributed by atoms with Gasteiger partial charge in [-0.1, -0.05) is 29.3 Å². The predicted molar refractivity (Wildman–Crippen MR) is 118 cm³/mol. The van der Waals surface area contributed by atoms with Crippen LogP contribution in [-0.2, 0) is 21.2 Å². The third-order valence-electron chi connectivity index (χ3n) is 3.84. The maximum Gasteiger partial charge on any atom is 0.264 e. The standard InChI is InChI=1S/C18H21Cl2N3O4S2/c1-3-23(11-16(24)22-17-13(19)5-4-6-14(17)20)18(25)15-8-7-12(28-15)9-10-21-29(2,26)27/h4-8,21H,3,9-11H2,1-2H3,(H,22,24). The molecule has 0 unspecified atom stereocenters. The number of sulfonamides is 1. The lowest BCUT2D eigenvalue weighted by molar-refractivity contribution is -0.116. The molecule has 2 amide bonds. The van der Waals surface area contributed by atoms with Crippen LogP contribution >= 0.6 is 34.5 Å². The molecule has 0 radical (unpaired) electrons. The molecule has 2 aromatic rings. The van der Waals surface area contributed by atoms with E-state index in [1.54, 1.807) is 37.3 Å². The SMILES string of the molecule is CCN(CC(=O)Nc1c(Cl)cccc1Cl)C(=O)c1ccc(CCNS(C)(=O)=O)s1. The van der Waals surface area contributed by atoms with Gasteiger partial charge in [-0.15, -0.1) is 11.3 Å². The highest BCUT2D eigenvalue weighted by Gasteiger charge is 2.20. The number of thiophene rings is 1. The van der Waals surface area contributed by atoms with E-state index in [4.69, 9.17) is 23.2 Å². The van der Waals surface area contributed by atoms with Crippen LogP contribution in [-0.4, -0.2) is 51.0 Å². The first-order valence-corrected chi connectivity index (χ1v) is 12.1. The van der Waals surface area contributed by atoms with Gasteiger partial charge in [0.05, 0.1) is 26.9 Å². The van der Waals surface area contributed by atoms with Crippen molar-refractivity contribution in [2.75, 3.05) is 31.2 Å². The molecule has 1 aromatic heterocycles. The van der Waals surface area contributed by atoms with Crippen molar-refractivity contribution in [2.24, 2.45) is 0 Å². The fraction of sp³-hybridized carbons (Fsp3) is 0.333. The maximum atomic E-state index is 12.7. The number of carbonyl (C=O) groups is 2. The first kappa shape index (κ1) is 23.6. The minimum absolute atomic E-state index is 0.153. The number of hydrogen-bond acceptors (Lipinski definition) is 5. The van der Waals surface area contributed by atoms with E-state index in [0.717, 1.165) is 11.1 Å². The van der Waals surface area contributed by atoms with Gasteiger partial charge in [-0.2, -0.15) is 0 Å². The minimum atomic E-state index is -3.25. The van der Waals surface area contributed by atoms with Crippen LogP contribution in [0.15, 0.2) is 30.3 Å². The molecule has 0 aliphatic heterocycles. The van der Waals surface area contributed by atoms with E-state index >= 15 is 0 Å². The summed E-state index contributed by atoms with van der Waals surface area (Å²) >= 11 is 13.4. The first-order chi connectivity index (χ1) is 13.6.